The zero-order valence-electron chi connectivity index (χ0n) is 23.1. The number of methoxy groups -OCH3 is 1. The lowest BCUT2D eigenvalue weighted by Gasteiger charge is -2.32. The summed E-state index contributed by atoms with van der Waals surface area (Å²) in [6.07, 6.45) is -0.395. The van der Waals surface area contributed by atoms with Crippen LogP contribution < -0.4 is 10.9 Å². The maximum Gasteiger partial charge on any atom is 0.410 e. The van der Waals surface area contributed by atoms with Gasteiger partial charge in [0.25, 0.3) is 21.6 Å². The first-order valence-corrected chi connectivity index (χ1v) is 14.4. The van der Waals surface area contributed by atoms with E-state index in [0.29, 0.717) is 18.4 Å². The number of benzene rings is 1. The maximum absolute atomic E-state index is 13.7. The molecule has 2 amide bonds. The molecule has 1 aromatic carbocycles. The third-order valence-electron chi connectivity index (χ3n) is 6.32. The minimum Gasteiger partial charge on any atom is -0.444 e. The molecule has 220 valence electrons. The van der Waals surface area contributed by atoms with Gasteiger partial charge in [-0.3, -0.25) is 23.6 Å². The number of halogens is 1. The topological polar surface area (TPSA) is 157 Å². The predicted octanol–water partition coefficient (Wildman–Crippen LogP) is 2.81. The van der Waals surface area contributed by atoms with Crippen LogP contribution in [0.25, 0.3) is 0 Å². The molecule has 0 unspecified atom stereocenters. The third-order valence-corrected chi connectivity index (χ3v) is 6.98. The first-order valence-electron chi connectivity index (χ1n) is 12.8. The second-order valence-corrected chi connectivity index (χ2v) is 11.9. The summed E-state index contributed by atoms with van der Waals surface area (Å²) in [7, 11) is -3.28. The van der Waals surface area contributed by atoms with Crippen LogP contribution in [0.1, 0.15) is 74.0 Å². The maximum atomic E-state index is 13.7. The molecule has 0 saturated heterocycles. The normalized spacial score (nSPS) is 17.5. The number of aromatic nitrogens is 2. The lowest BCUT2D eigenvalue weighted by molar-refractivity contribution is 0.0139. The molecule has 1 aromatic heterocycles. The van der Waals surface area contributed by atoms with Crippen molar-refractivity contribution in [3.63, 3.8) is 0 Å². The Morgan fingerprint density at radius 2 is 1.88 bits per heavy atom. The van der Waals surface area contributed by atoms with Gasteiger partial charge in [-0.15, -0.1) is 0 Å². The van der Waals surface area contributed by atoms with Crippen molar-refractivity contribution in [3.8, 4) is 0 Å². The Morgan fingerprint density at radius 1 is 1.23 bits per heavy atom. The molecular weight excluding hydrogens is 547 g/mol. The van der Waals surface area contributed by atoms with E-state index in [2.05, 4.69) is 10.3 Å². The molecule has 0 radical (unpaired) electrons. The molecular formula is C26H35FN4O8S. The van der Waals surface area contributed by atoms with E-state index in [9.17, 15) is 31.7 Å². The average molecular weight is 583 g/mol. The minimum atomic E-state index is -4.74. The monoisotopic (exact) mass is 582 g/mol. The highest BCUT2D eigenvalue weighted by Gasteiger charge is 2.36. The minimum absolute atomic E-state index is 0.0179. The summed E-state index contributed by atoms with van der Waals surface area (Å²) in [5, 5.41) is 2.56. The van der Waals surface area contributed by atoms with Crippen LogP contribution in [0.15, 0.2) is 29.1 Å². The number of ether oxygens (including phenoxy) is 2. The van der Waals surface area contributed by atoms with Crippen molar-refractivity contribution in [2.45, 2.75) is 77.1 Å². The van der Waals surface area contributed by atoms with Gasteiger partial charge in [-0.2, -0.15) is 8.42 Å². The van der Waals surface area contributed by atoms with Crippen molar-refractivity contribution in [3.05, 3.63) is 63.1 Å². The average Bonchev–Trinajstić information content (AvgIpc) is 3.03. The van der Waals surface area contributed by atoms with Gasteiger partial charge in [-0.1, -0.05) is 12.1 Å². The highest BCUT2D eigenvalue weighted by molar-refractivity contribution is 7.85. The van der Waals surface area contributed by atoms with Crippen molar-refractivity contribution in [1.29, 1.82) is 0 Å². The zero-order valence-corrected chi connectivity index (χ0v) is 24.0. The molecule has 2 atom stereocenters. The summed E-state index contributed by atoms with van der Waals surface area (Å²) in [6, 6.07) is 4.52. The fraction of sp³-hybridized carbons (Fsp3) is 0.538. The van der Waals surface area contributed by atoms with Gasteiger partial charge in [-0.05, 0) is 58.2 Å². The Labute approximate surface area is 232 Å². The van der Waals surface area contributed by atoms with Crippen LogP contribution in [0.4, 0.5) is 9.18 Å². The summed E-state index contributed by atoms with van der Waals surface area (Å²) in [5.41, 5.74) is -2.15. The van der Waals surface area contributed by atoms with Crippen molar-refractivity contribution in [2.24, 2.45) is 0 Å². The number of nitrogens with one attached hydrogen (secondary N) is 1. The molecule has 0 bridgehead atoms. The zero-order chi connectivity index (χ0) is 29.8. The van der Waals surface area contributed by atoms with Gasteiger partial charge in [-0.25, -0.2) is 14.2 Å². The molecule has 0 saturated carbocycles. The fourth-order valence-electron chi connectivity index (χ4n) is 4.46. The number of carbonyl (C=O) groups excluding carboxylic acids is 2. The second kappa shape index (κ2) is 12.4. The van der Waals surface area contributed by atoms with Crippen LogP contribution in [0.2, 0.25) is 0 Å². The number of amides is 2. The number of rotatable bonds is 8. The van der Waals surface area contributed by atoms with E-state index in [1.165, 1.54) is 40.8 Å². The number of nitrogens with zero attached hydrogens (tertiary/aromatic N) is 3. The molecule has 0 spiro atoms. The standard InChI is InChI=1S/C26H35FN4O8S/c1-6-30(25(34)39-26(2,3)4)20-12-11-18(38-5)14-31-22(20)29-21(19(24(31)33)15-40(35,36)37)23(32)28-13-16-7-9-17(27)10-8-16/h7-10,18,20H,6,11-15H2,1-5H3,(H,28,32)(H,35,36,37)/t18-,20+/m0/s1. The van der Waals surface area contributed by atoms with Crippen LogP contribution >= 0.6 is 0 Å². The summed E-state index contributed by atoms with van der Waals surface area (Å²) >= 11 is 0. The fourth-order valence-corrected chi connectivity index (χ4v) is 5.09. The van der Waals surface area contributed by atoms with Crippen molar-refractivity contribution in [2.75, 3.05) is 13.7 Å². The van der Waals surface area contributed by atoms with E-state index in [0.717, 1.165) is 0 Å². The second-order valence-electron chi connectivity index (χ2n) is 10.5. The Bertz CT molecular complexity index is 1400. The number of fused-ring (bicyclic) bond motifs is 1. The smallest absolute Gasteiger partial charge is 0.410 e. The Balaban J connectivity index is 2.15. The van der Waals surface area contributed by atoms with Crippen LogP contribution in [-0.4, -0.2) is 64.8 Å². The Kier molecular flexibility index (Phi) is 9.69. The Hall–Kier alpha value is -3.36. The predicted molar refractivity (Wildman–Crippen MR) is 143 cm³/mol. The SMILES string of the molecule is CCN(C(=O)OC(C)(C)C)[C@@H]1CC[C@H](OC)Cn2c1nc(C(=O)NCc1ccc(F)cc1)c(CS(=O)(=O)O)c2=O. The molecule has 2 heterocycles. The first kappa shape index (κ1) is 31.2. The highest BCUT2D eigenvalue weighted by Crippen LogP contribution is 2.31. The molecule has 1 aliphatic rings. The lowest BCUT2D eigenvalue weighted by atomic mass is 10.1. The molecule has 0 fully saturated rings. The summed E-state index contributed by atoms with van der Waals surface area (Å²) < 4.78 is 58.8. The molecule has 14 heteroatoms. The molecule has 2 aromatic rings. The first-order chi connectivity index (χ1) is 18.6. The van der Waals surface area contributed by atoms with E-state index >= 15 is 0 Å². The molecule has 40 heavy (non-hydrogen) atoms. The largest absolute Gasteiger partial charge is 0.444 e. The number of carbonyl (C=O) groups is 2. The quantitative estimate of drug-likeness (QED) is 0.447. The van der Waals surface area contributed by atoms with Gasteiger partial charge in [0.1, 0.15) is 28.7 Å². The third kappa shape index (κ3) is 7.86. The van der Waals surface area contributed by atoms with E-state index in [1.807, 2.05) is 0 Å². The van der Waals surface area contributed by atoms with E-state index in [1.54, 1.807) is 27.7 Å². The summed E-state index contributed by atoms with van der Waals surface area (Å²) in [4.78, 5) is 46.0. The summed E-state index contributed by atoms with van der Waals surface area (Å²) in [6.45, 7) is 6.98. The van der Waals surface area contributed by atoms with Crippen LogP contribution in [0.3, 0.4) is 0 Å². The number of hydrogen-bond acceptors (Lipinski definition) is 8. The molecule has 1 aliphatic heterocycles. The van der Waals surface area contributed by atoms with Gasteiger partial charge in [0.15, 0.2) is 0 Å². The van der Waals surface area contributed by atoms with Gasteiger partial charge < -0.3 is 14.8 Å². The molecule has 0 aliphatic carbocycles. The van der Waals surface area contributed by atoms with Gasteiger partial charge in [0.05, 0.1) is 24.3 Å². The van der Waals surface area contributed by atoms with Crippen molar-refractivity contribution >= 4 is 22.1 Å². The molecule has 2 N–H and O–H groups in total. The van der Waals surface area contributed by atoms with Crippen LogP contribution in [-0.2, 0) is 38.4 Å². The van der Waals surface area contributed by atoms with E-state index < -0.39 is 68.3 Å². The highest BCUT2D eigenvalue weighted by atomic mass is 32.2. The number of hydrogen-bond donors (Lipinski definition) is 2. The van der Waals surface area contributed by atoms with E-state index in [-0.39, 0.29) is 25.5 Å². The Morgan fingerprint density at radius 3 is 2.42 bits per heavy atom. The van der Waals surface area contributed by atoms with Gasteiger partial charge >= 0.3 is 6.09 Å². The van der Waals surface area contributed by atoms with Gasteiger partial charge in [0.2, 0.25) is 0 Å². The van der Waals surface area contributed by atoms with Crippen molar-refractivity contribution in [1.82, 2.24) is 19.8 Å². The summed E-state index contributed by atoms with van der Waals surface area (Å²) in [5.74, 6) is -2.43. The van der Waals surface area contributed by atoms with Crippen molar-refractivity contribution < 1.29 is 36.4 Å². The van der Waals surface area contributed by atoms with Crippen LogP contribution in [0, 0.1) is 5.82 Å². The van der Waals surface area contributed by atoms with Gasteiger partial charge in [0, 0.05) is 20.2 Å². The van der Waals surface area contributed by atoms with Crippen LogP contribution in [0.5, 0.6) is 0 Å². The molecule has 3 rings (SSSR count). The van der Waals surface area contributed by atoms with E-state index in [4.69, 9.17) is 9.47 Å². The lowest BCUT2D eigenvalue weighted by Crippen LogP contribution is -2.43. The molecule has 12 nitrogen and oxygen atoms in total.